The molecular formula is C48H43N4OPt-3. The molecule has 3 aliphatic carbocycles. The van der Waals surface area contributed by atoms with Gasteiger partial charge in [0.15, 0.2) is 0 Å². The normalized spacial score (nSPS) is 19.6. The third kappa shape index (κ3) is 6.02. The van der Waals surface area contributed by atoms with Crippen molar-refractivity contribution in [1.82, 2.24) is 4.98 Å². The third-order valence-corrected chi connectivity index (χ3v) is 11.9. The van der Waals surface area contributed by atoms with Crippen LogP contribution in [-0.2, 0) is 26.5 Å². The molecule has 6 heteroatoms. The van der Waals surface area contributed by atoms with E-state index in [1.54, 1.807) is 0 Å². The van der Waals surface area contributed by atoms with Crippen LogP contribution in [0.4, 0.5) is 34.3 Å². The predicted molar refractivity (Wildman–Crippen MR) is 215 cm³/mol. The fourth-order valence-electron chi connectivity index (χ4n) is 9.16. The van der Waals surface area contributed by atoms with Crippen molar-refractivity contribution in [1.29, 1.82) is 0 Å². The minimum atomic E-state index is -0.0370. The quantitative estimate of drug-likeness (QED) is 0.161. The second-order valence-electron chi connectivity index (χ2n) is 16.1. The molecule has 1 unspecified atom stereocenters. The summed E-state index contributed by atoms with van der Waals surface area (Å²) in [5.74, 6) is 3.73. The molecule has 2 aliphatic heterocycles. The van der Waals surface area contributed by atoms with Crippen LogP contribution >= 0.6 is 0 Å². The second kappa shape index (κ2) is 13.8. The summed E-state index contributed by atoms with van der Waals surface area (Å²) >= 11 is 0. The molecule has 6 aromatic rings. The molecule has 5 aliphatic rings. The molecule has 5 aromatic carbocycles. The molecule has 0 N–H and O–H groups in total. The number of hydrogen-bond donors (Lipinski definition) is 0. The Morgan fingerprint density at radius 2 is 1.37 bits per heavy atom. The molecule has 54 heavy (non-hydrogen) atoms. The number of benzene rings is 5. The SMILES string of the molecule is CC(C)(C)c1ccnc(N2c3[c-]c(Oc4[c-]c(N5[CH-]N(C6CC7CCC6CC7)c6ccccc65)ccc4)ccc3-c3ccccc3-c3ccccc32)c1.[Pt]. The van der Waals surface area contributed by atoms with Crippen molar-refractivity contribution in [2.45, 2.75) is 64.3 Å². The van der Waals surface area contributed by atoms with E-state index in [0.717, 1.165) is 51.4 Å². The van der Waals surface area contributed by atoms with Crippen LogP contribution in [0.3, 0.4) is 0 Å². The minimum Gasteiger partial charge on any atom is -0.509 e. The monoisotopic (exact) mass is 886 g/mol. The Labute approximate surface area is 333 Å². The van der Waals surface area contributed by atoms with Crippen molar-refractivity contribution in [3.8, 4) is 33.8 Å². The van der Waals surface area contributed by atoms with Crippen molar-refractivity contribution >= 4 is 34.3 Å². The van der Waals surface area contributed by atoms with Crippen LogP contribution in [0.1, 0.15) is 58.4 Å². The molecule has 0 spiro atoms. The van der Waals surface area contributed by atoms with E-state index in [0.29, 0.717) is 17.5 Å². The molecule has 3 fully saturated rings. The Morgan fingerprint density at radius 3 is 2.11 bits per heavy atom. The Morgan fingerprint density at radius 1 is 0.685 bits per heavy atom. The molecule has 1 aromatic heterocycles. The zero-order valence-electron chi connectivity index (χ0n) is 30.9. The van der Waals surface area contributed by atoms with E-state index in [-0.39, 0.29) is 26.5 Å². The van der Waals surface area contributed by atoms with E-state index < -0.39 is 0 Å². The van der Waals surface area contributed by atoms with Crippen molar-refractivity contribution in [3.05, 3.63) is 146 Å². The maximum Gasteiger partial charge on any atom is 0.135 e. The number of fused-ring (bicyclic) bond motifs is 9. The molecule has 274 valence electrons. The smallest absolute Gasteiger partial charge is 0.135 e. The summed E-state index contributed by atoms with van der Waals surface area (Å²) in [6, 6.07) is 48.6. The van der Waals surface area contributed by atoms with Gasteiger partial charge in [0.2, 0.25) is 0 Å². The summed E-state index contributed by atoms with van der Waals surface area (Å²) in [6.07, 6.45) is 8.69. The summed E-state index contributed by atoms with van der Waals surface area (Å²) in [7, 11) is 0. The summed E-state index contributed by atoms with van der Waals surface area (Å²) < 4.78 is 6.68. The van der Waals surface area contributed by atoms with Gasteiger partial charge in [-0.25, -0.2) is 4.98 Å². The van der Waals surface area contributed by atoms with Gasteiger partial charge in [0, 0.05) is 61.7 Å². The zero-order chi connectivity index (χ0) is 35.7. The Kier molecular flexibility index (Phi) is 8.89. The molecular weight excluding hydrogens is 844 g/mol. The van der Waals surface area contributed by atoms with Gasteiger partial charge in [0.1, 0.15) is 5.82 Å². The van der Waals surface area contributed by atoms with Crippen molar-refractivity contribution in [2.24, 2.45) is 11.8 Å². The molecule has 0 radical (unpaired) electrons. The Bertz CT molecular complexity index is 2340. The van der Waals surface area contributed by atoms with E-state index >= 15 is 0 Å². The number of hydrogen-bond acceptors (Lipinski definition) is 5. The van der Waals surface area contributed by atoms with Crippen LogP contribution in [0.25, 0.3) is 22.3 Å². The van der Waals surface area contributed by atoms with Crippen molar-refractivity contribution in [3.63, 3.8) is 0 Å². The fraction of sp³-hybridized carbons (Fsp3) is 0.250. The fourth-order valence-corrected chi connectivity index (χ4v) is 9.16. The number of anilines is 6. The Balaban J connectivity index is 0.00000384. The first-order chi connectivity index (χ1) is 25.9. The summed E-state index contributed by atoms with van der Waals surface area (Å²) in [5.41, 5.74) is 11.1. The number of para-hydroxylation sites is 3. The van der Waals surface area contributed by atoms with Gasteiger partial charge in [-0.05, 0) is 78.0 Å². The van der Waals surface area contributed by atoms with Gasteiger partial charge in [0.25, 0.3) is 0 Å². The van der Waals surface area contributed by atoms with E-state index in [4.69, 9.17) is 9.72 Å². The first kappa shape index (κ1) is 34.9. The summed E-state index contributed by atoms with van der Waals surface area (Å²) in [4.78, 5) is 12.1. The molecule has 3 saturated carbocycles. The van der Waals surface area contributed by atoms with E-state index in [1.807, 2.05) is 18.3 Å². The van der Waals surface area contributed by atoms with Crippen LogP contribution in [0.5, 0.6) is 11.5 Å². The largest absolute Gasteiger partial charge is 0.509 e. The van der Waals surface area contributed by atoms with Gasteiger partial charge in [0.05, 0.1) is 5.69 Å². The average molecular weight is 887 g/mol. The maximum absolute atomic E-state index is 6.68. The van der Waals surface area contributed by atoms with Crippen LogP contribution in [0.2, 0.25) is 0 Å². The predicted octanol–water partition coefficient (Wildman–Crippen LogP) is 12.5. The van der Waals surface area contributed by atoms with Gasteiger partial charge in [-0.1, -0.05) is 99.5 Å². The molecule has 0 amide bonds. The number of nitrogens with zero attached hydrogens (tertiary/aromatic N) is 4. The van der Waals surface area contributed by atoms with E-state index in [1.165, 1.54) is 54.6 Å². The van der Waals surface area contributed by atoms with Gasteiger partial charge in [-0.15, -0.1) is 41.6 Å². The second-order valence-corrected chi connectivity index (χ2v) is 16.1. The van der Waals surface area contributed by atoms with Crippen molar-refractivity contribution < 1.29 is 25.8 Å². The molecule has 0 saturated heterocycles. The minimum absolute atomic E-state index is 0. The van der Waals surface area contributed by atoms with Gasteiger partial charge in [-0.3, -0.25) is 0 Å². The van der Waals surface area contributed by atoms with Crippen LogP contribution in [-0.4, -0.2) is 11.0 Å². The van der Waals surface area contributed by atoms with Gasteiger partial charge < -0.3 is 19.4 Å². The summed E-state index contributed by atoms with van der Waals surface area (Å²) in [5, 5.41) is 0. The van der Waals surface area contributed by atoms with Gasteiger partial charge in [-0.2, -0.15) is 18.8 Å². The van der Waals surface area contributed by atoms with E-state index in [2.05, 4.69) is 157 Å². The third-order valence-electron chi connectivity index (χ3n) is 11.9. The zero-order valence-corrected chi connectivity index (χ0v) is 33.2. The Hall–Kier alpha value is -4.86. The standard InChI is InChI=1S/C48H43N4O.Pt/c1-48(2,3)34-25-26-49-47(28-34)52-42-16-7-6-15-40(42)38-13-4-5-14-39(38)41-24-23-37(30-46(41)52)53-36-12-10-11-35(29-36)50-31-51(44-18-9-8-17-43(44)50)45-27-32-19-21-33(45)22-20-32;/h4-18,23-26,28,31-33,45H,19-22,27H2,1-3H3;/q-3;. The molecule has 1 atom stereocenters. The maximum atomic E-state index is 6.68. The number of rotatable bonds is 5. The van der Waals surface area contributed by atoms with Crippen LogP contribution < -0.4 is 19.4 Å². The van der Waals surface area contributed by atoms with Crippen LogP contribution in [0.15, 0.2) is 121 Å². The van der Waals surface area contributed by atoms with Crippen LogP contribution in [0, 0.1) is 30.6 Å². The molecule has 2 bridgehead atoms. The van der Waals surface area contributed by atoms with Crippen molar-refractivity contribution in [2.75, 3.05) is 14.7 Å². The number of pyridine rings is 1. The molecule has 5 nitrogen and oxygen atoms in total. The summed E-state index contributed by atoms with van der Waals surface area (Å²) in [6.45, 7) is 9.03. The molecule has 11 rings (SSSR count). The van der Waals surface area contributed by atoms with E-state index in [9.17, 15) is 0 Å². The van der Waals surface area contributed by atoms with Gasteiger partial charge >= 0.3 is 0 Å². The first-order valence-corrected chi connectivity index (χ1v) is 19.1. The number of aromatic nitrogens is 1. The number of ether oxygens (including phenoxy) is 1. The molecule has 3 heterocycles. The average Bonchev–Trinajstić information content (AvgIpc) is 3.53. The first-order valence-electron chi connectivity index (χ1n) is 19.1. The topological polar surface area (TPSA) is 31.8 Å².